The third kappa shape index (κ3) is 2.78. The van der Waals surface area contributed by atoms with Crippen LogP contribution in [0.25, 0.3) is 0 Å². The van der Waals surface area contributed by atoms with Gasteiger partial charge in [0, 0.05) is 42.9 Å². The largest absolute Gasteiger partial charge is 0.384 e. The van der Waals surface area contributed by atoms with Gasteiger partial charge >= 0.3 is 5.69 Å². The van der Waals surface area contributed by atoms with Gasteiger partial charge in [-0.25, -0.2) is 4.98 Å². The van der Waals surface area contributed by atoms with Crippen LogP contribution in [0.4, 0.5) is 11.5 Å². The number of pyridine rings is 1. The molecule has 18 heavy (non-hydrogen) atoms. The smallest absolute Gasteiger partial charge is 0.312 e. The van der Waals surface area contributed by atoms with Crippen LogP contribution in [0.2, 0.25) is 0 Å². The summed E-state index contributed by atoms with van der Waals surface area (Å²) in [6.45, 7) is 2.22. The van der Waals surface area contributed by atoms with E-state index < -0.39 is 4.92 Å². The molecule has 2 rings (SSSR count). The lowest BCUT2D eigenvalue weighted by atomic mass is 10.1. The van der Waals surface area contributed by atoms with Crippen LogP contribution in [0.5, 0.6) is 0 Å². The highest BCUT2D eigenvalue weighted by Gasteiger charge is 2.28. The van der Waals surface area contributed by atoms with E-state index in [9.17, 15) is 10.1 Å². The summed E-state index contributed by atoms with van der Waals surface area (Å²) in [4.78, 5) is 16.8. The number of nitrogens with zero attached hydrogens (tertiary/aromatic N) is 3. The summed E-state index contributed by atoms with van der Waals surface area (Å²) in [5.74, 6) is 0.863. The summed E-state index contributed by atoms with van der Waals surface area (Å²) in [5, 5.41) is 11.0. The molecule has 0 aromatic carbocycles. The van der Waals surface area contributed by atoms with Gasteiger partial charge in [0.1, 0.15) is 0 Å². The van der Waals surface area contributed by atoms with E-state index >= 15 is 0 Å². The second kappa shape index (κ2) is 5.62. The summed E-state index contributed by atoms with van der Waals surface area (Å²) in [6, 6.07) is 1.49. The number of ether oxygens (including phenoxy) is 1. The second-order valence-electron chi connectivity index (χ2n) is 4.31. The number of aromatic nitrogens is 1. The first-order chi connectivity index (χ1) is 8.61. The van der Waals surface area contributed by atoms with Gasteiger partial charge in [-0.2, -0.15) is 0 Å². The van der Waals surface area contributed by atoms with Crippen molar-refractivity contribution in [3.05, 3.63) is 26.9 Å². The Bertz CT molecular complexity index is 455. The first kappa shape index (κ1) is 13.2. The Morgan fingerprint density at radius 3 is 3.17 bits per heavy atom. The molecule has 1 atom stereocenters. The van der Waals surface area contributed by atoms with Crippen molar-refractivity contribution >= 4 is 27.4 Å². The predicted octanol–water partition coefficient (Wildman–Crippen LogP) is 2.22. The zero-order valence-electron chi connectivity index (χ0n) is 10.0. The van der Waals surface area contributed by atoms with E-state index in [0.717, 1.165) is 19.5 Å². The molecule has 0 amide bonds. The molecule has 98 valence electrons. The molecule has 0 radical (unpaired) electrons. The number of rotatable bonds is 4. The summed E-state index contributed by atoms with van der Waals surface area (Å²) < 4.78 is 5.73. The minimum Gasteiger partial charge on any atom is -0.384 e. The molecule has 0 aliphatic carbocycles. The number of hydrogen-bond donors (Lipinski definition) is 0. The molecule has 7 heteroatoms. The summed E-state index contributed by atoms with van der Waals surface area (Å²) in [5.41, 5.74) is 0.0439. The van der Waals surface area contributed by atoms with E-state index in [1.54, 1.807) is 13.3 Å². The molecule has 1 unspecified atom stereocenters. The average molecular weight is 316 g/mol. The fraction of sp³-hybridized carbons (Fsp3) is 0.545. The van der Waals surface area contributed by atoms with Gasteiger partial charge in [-0.3, -0.25) is 10.1 Å². The van der Waals surface area contributed by atoms with Crippen molar-refractivity contribution in [1.29, 1.82) is 0 Å². The topological polar surface area (TPSA) is 68.5 Å². The molecule has 1 aromatic rings. The normalized spacial score (nSPS) is 19.2. The van der Waals surface area contributed by atoms with Gasteiger partial charge in [0.25, 0.3) is 0 Å². The lowest BCUT2D eigenvalue weighted by Crippen LogP contribution is -2.23. The minimum absolute atomic E-state index is 0.0439. The Morgan fingerprint density at radius 2 is 2.50 bits per heavy atom. The highest BCUT2D eigenvalue weighted by atomic mass is 79.9. The van der Waals surface area contributed by atoms with Crippen molar-refractivity contribution in [3.8, 4) is 0 Å². The quantitative estimate of drug-likeness (QED) is 0.629. The van der Waals surface area contributed by atoms with Crippen LogP contribution in [0, 0.1) is 16.0 Å². The van der Waals surface area contributed by atoms with Crippen molar-refractivity contribution < 1.29 is 9.66 Å². The van der Waals surface area contributed by atoms with Crippen LogP contribution >= 0.6 is 15.9 Å². The standard InChI is InChI=1S/C11H14BrN3O3/c1-18-7-8-2-3-14(6-8)11-10(15(16)17)4-9(12)5-13-11/h4-5,8H,2-3,6-7H2,1H3. The average Bonchev–Trinajstić information content (AvgIpc) is 2.78. The monoisotopic (exact) mass is 315 g/mol. The Morgan fingerprint density at radius 1 is 1.72 bits per heavy atom. The van der Waals surface area contributed by atoms with Crippen molar-refractivity contribution in [1.82, 2.24) is 4.98 Å². The number of anilines is 1. The van der Waals surface area contributed by atoms with Gasteiger partial charge in [0.15, 0.2) is 0 Å². The molecule has 0 spiro atoms. The number of nitro groups is 1. The third-order valence-electron chi connectivity index (χ3n) is 3.00. The first-order valence-electron chi connectivity index (χ1n) is 5.65. The molecule has 1 saturated heterocycles. The molecule has 6 nitrogen and oxygen atoms in total. The van der Waals surface area contributed by atoms with Crippen LogP contribution in [-0.2, 0) is 4.74 Å². The van der Waals surface area contributed by atoms with Gasteiger partial charge in [-0.05, 0) is 22.4 Å². The lowest BCUT2D eigenvalue weighted by Gasteiger charge is -2.17. The van der Waals surface area contributed by atoms with Crippen molar-refractivity contribution in [3.63, 3.8) is 0 Å². The van der Waals surface area contributed by atoms with E-state index in [4.69, 9.17) is 4.74 Å². The molecular weight excluding hydrogens is 302 g/mol. The zero-order valence-corrected chi connectivity index (χ0v) is 11.6. The van der Waals surface area contributed by atoms with Crippen LogP contribution in [0.1, 0.15) is 6.42 Å². The van der Waals surface area contributed by atoms with Gasteiger partial charge in [0.05, 0.1) is 11.5 Å². The molecule has 0 saturated carbocycles. The maximum absolute atomic E-state index is 11.0. The summed E-state index contributed by atoms with van der Waals surface area (Å²) in [6.07, 6.45) is 2.56. The van der Waals surface area contributed by atoms with E-state index in [0.29, 0.717) is 22.8 Å². The predicted molar refractivity (Wildman–Crippen MR) is 70.8 cm³/mol. The highest BCUT2D eigenvalue weighted by Crippen LogP contribution is 2.32. The molecular formula is C11H14BrN3O3. The van der Waals surface area contributed by atoms with Crippen LogP contribution < -0.4 is 4.90 Å². The molecule has 0 N–H and O–H groups in total. The van der Waals surface area contributed by atoms with E-state index in [-0.39, 0.29) is 5.69 Å². The van der Waals surface area contributed by atoms with Gasteiger partial charge < -0.3 is 9.64 Å². The number of methoxy groups -OCH3 is 1. The zero-order chi connectivity index (χ0) is 13.1. The number of halogens is 1. The van der Waals surface area contributed by atoms with Crippen molar-refractivity contribution in [2.75, 3.05) is 31.7 Å². The molecule has 0 bridgehead atoms. The summed E-state index contributed by atoms with van der Waals surface area (Å²) in [7, 11) is 1.67. The molecule has 1 aliphatic heterocycles. The van der Waals surface area contributed by atoms with Gasteiger partial charge in [-0.15, -0.1) is 0 Å². The fourth-order valence-electron chi connectivity index (χ4n) is 2.20. The first-order valence-corrected chi connectivity index (χ1v) is 6.45. The fourth-order valence-corrected chi connectivity index (χ4v) is 2.52. The molecule has 2 heterocycles. The highest BCUT2D eigenvalue weighted by molar-refractivity contribution is 9.10. The third-order valence-corrected chi connectivity index (χ3v) is 3.43. The maximum atomic E-state index is 11.0. The van der Waals surface area contributed by atoms with E-state index in [1.165, 1.54) is 6.07 Å². The Hall–Kier alpha value is -1.21. The van der Waals surface area contributed by atoms with Crippen LogP contribution in [0.3, 0.4) is 0 Å². The SMILES string of the molecule is COCC1CCN(c2ncc(Br)cc2[N+](=O)[O-])C1. The molecule has 1 aromatic heterocycles. The van der Waals surface area contributed by atoms with Crippen molar-refractivity contribution in [2.45, 2.75) is 6.42 Å². The van der Waals surface area contributed by atoms with E-state index in [1.807, 2.05) is 4.90 Å². The van der Waals surface area contributed by atoms with Gasteiger partial charge in [0.2, 0.25) is 5.82 Å². The maximum Gasteiger partial charge on any atom is 0.312 e. The second-order valence-corrected chi connectivity index (χ2v) is 5.23. The number of hydrogen-bond acceptors (Lipinski definition) is 5. The Labute approximate surface area is 113 Å². The van der Waals surface area contributed by atoms with Crippen LogP contribution in [0.15, 0.2) is 16.7 Å². The molecule has 1 aliphatic rings. The lowest BCUT2D eigenvalue weighted by molar-refractivity contribution is -0.384. The Kier molecular flexibility index (Phi) is 4.13. The minimum atomic E-state index is -0.392. The van der Waals surface area contributed by atoms with E-state index in [2.05, 4.69) is 20.9 Å². The van der Waals surface area contributed by atoms with Crippen LogP contribution in [-0.4, -0.2) is 36.7 Å². The molecule has 1 fully saturated rings. The Balaban J connectivity index is 2.21. The summed E-state index contributed by atoms with van der Waals surface area (Å²) >= 11 is 3.20. The van der Waals surface area contributed by atoms with Crippen molar-refractivity contribution in [2.24, 2.45) is 5.92 Å². The van der Waals surface area contributed by atoms with Gasteiger partial charge in [-0.1, -0.05) is 0 Å².